The maximum absolute atomic E-state index is 9.54. The Labute approximate surface area is 106 Å². The molecule has 1 heterocycles. The van der Waals surface area contributed by atoms with Gasteiger partial charge in [0.1, 0.15) is 5.75 Å². The van der Waals surface area contributed by atoms with E-state index in [0.29, 0.717) is 5.02 Å². The molecule has 0 aliphatic carbocycles. The second-order valence-corrected chi connectivity index (χ2v) is 5.36. The Kier molecular flexibility index (Phi) is 2.87. The summed E-state index contributed by atoms with van der Waals surface area (Å²) in [6.45, 7) is 6.27. The molecule has 0 fully saturated rings. The van der Waals surface area contributed by atoms with Crippen LogP contribution in [0.25, 0.3) is 5.69 Å². The van der Waals surface area contributed by atoms with Crippen LogP contribution in [-0.4, -0.2) is 14.9 Å². The van der Waals surface area contributed by atoms with Crippen LogP contribution in [0.15, 0.2) is 24.3 Å². The van der Waals surface area contributed by atoms with Gasteiger partial charge in [-0.2, -0.15) is 5.10 Å². The zero-order chi connectivity index (χ0) is 12.6. The molecule has 0 unspecified atom stereocenters. The summed E-state index contributed by atoms with van der Waals surface area (Å²) in [5.41, 5.74) is 1.67. The van der Waals surface area contributed by atoms with E-state index in [1.807, 2.05) is 6.07 Å². The predicted octanol–water partition coefficient (Wildman–Crippen LogP) is 3.33. The second kappa shape index (κ2) is 4.08. The summed E-state index contributed by atoms with van der Waals surface area (Å²) < 4.78 is 1.61. The first kappa shape index (κ1) is 12.0. The lowest BCUT2D eigenvalue weighted by Gasteiger charge is -2.14. The first-order chi connectivity index (χ1) is 7.88. The van der Waals surface area contributed by atoms with Gasteiger partial charge in [0.25, 0.3) is 0 Å². The summed E-state index contributed by atoms with van der Waals surface area (Å²) >= 11 is 5.76. The van der Waals surface area contributed by atoms with Crippen molar-refractivity contribution in [3.05, 3.63) is 41.2 Å². The lowest BCUT2D eigenvalue weighted by molar-refractivity contribution is 0.475. The normalized spacial score (nSPS) is 11.8. The van der Waals surface area contributed by atoms with Gasteiger partial charge in [0.15, 0.2) is 0 Å². The zero-order valence-corrected chi connectivity index (χ0v) is 10.8. The van der Waals surface area contributed by atoms with Crippen LogP contribution in [0.3, 0.4) is 0 Å². The van der Waals surface area contributed by atoms with Crippen LogP contribution >= 0.6 is 11.6 Å². The van der Waals surface area contributed by atoms with E-state index in [-0.39, 0.29) is 11.2 Å². The molecule has 0 amide bonds. The van der Waals surface area contributed by atoms with Crippen molar-refractivity contribution >= 4 is 11.6 Å². The summed E-state index contributed by atoms with van der Waals surface area (Å²) in [5, 5.41) is 14.3. The van der Waals surface area contributed by atoms with Crippen LogP contribution in [0.5, 0.6) is 5.75 Å². The van der Waals surface area contributed by atoms with Crippen molar-refractivity contribution in [1.82, 2.24) is 9.78 Å². The van der Waals surface area contributed by atoms with E-state index < -0.39 is 0 Å². The Bertz CT molecular complexity index is 541. The highest BCUT2D eigenvalue weighted by molar-refractivity contribution is 6.32. The van der Waals surface area contributed by atoms with Gasteiger partial charge >= 0.3 is 0 Å². The Hall–Kier alpha value is -1.48. The first-order valence-electron chi connectivity index (χ1n) is 5.35. The molecule has 4 heteroatoms. The summed E-state index contributed by atoms with van der Waals surface area (Å²) in [4.78, 5) is 0. The van der Waals surface area contributed by atoms with E-state index in [9.17, 15) is 5.11 Å². The van der Waals surface area contributed by atoms with Crippen LogP contribution in [0.4, 0.5) is 0 Å². The Morgan fingerprint density at radius 1 is 1.35 bits per heavy atom. The van der Waals surface area contributed by atoms with E-state index in [1.165, 1.54) is 0 Å². The van der Waals surface area contributed by atoms with E-state index in [2.05, 4.69) is 32.1 Å². The van der Waals surface area contributed by atoms with E-state index in [4.69, 9.17) is 11.6 Å². The zero-order valence-electron chi connectivity index (χ0n) is 10.0. The van der Waals surface area contributed by atoms with Crippen LogP contribution < -0.4 is 0 Å². The van der Waals surface area contributed by atoms with Crippen molar-refractivity contribution in [2.24, 2.45) is 0 Å². The van der Waals surface area contributed by atoms with E-state index in [0.717, 1.165) is 11.4 Å². The fourth-order valence-corrected chi connectivity index (χ4v) is 1.54. The quantitative estimate of drug-likeness (QED) is 0.842. The molecule has 0 saturated heterocycles. The molecule has 0 saturated carbocycles. The van der Waals surface area contributed by atoms with Gasteiger partial charge in [-0.25, -0.2) is 4.68 Å². The number of halogens is 1. The van der Waals surface area contributed by atoms with Gasteiger partial charge in [-0.1, -0.05) is 32.4 Å². The fourth-order valence-electron chi connectivity index (χ4n) is 1.42. The smallest absolute Gasteiger partial charge is 0.136 e. The van der Waals surface area contributed by atoms with Crippen molar-refractivity contribution < 1.29 is 5.11 Å². The molecule has 0 spiro atoms. The summed E-state index contributed by atoms with van der Waals surface area (Å²) in [6, 6.07) is 6.85. The van der Waals surface area contributed by atoms with Crippen molar-refractivity contribution in [2.45, 2.75) is 26.2 Å². The number of hydrogen-bond acceptors (Lipinski definition) is 2. The van der Waals surface area contributed by atoms with Crippen LogP contribution in [0.2, 0.25) is 5.02 Å². The molecule has 89 valence electrons. The lowest BCUT2D eigenvalue weighted by atomic mass is 9.93. The largest absolute Gasteiger partial charge is 0.506 e. The summed E-state index contributed by atoms with van der Waals surface area (Å²) in [5.74, 6) is 0.0466. The summed E-state index contributed by atoms with van der Waals surface area (Å²) in [6.07, 6.45) is 3.03. The van der Waals surface area contributed by atoms with Crippen LogP contribution in [-0.2, 0) is 5.41 Å². The number of phenolic OH excluding ortho intramolecular Hbond substituents is 1. The van der Waals surface area contributed by atoms with Crippen LogP contribution in [0.1, 0.15) is 26.5 Å². The first-order valence-corrected chi connectivity index (χ1v) is 5.73. The molecule has 1 N–H and O–H groups in total. The molecule has 3 nitrogen and oxygen atoms in total. The van der Waals surface area contributed by atoms with Gasteiger partial charge < -0.3 is 5.11 Å². The van der Waals surface area contributed by atoms with Gasteiger partial charge in [-0.3, -0.25) is 0 Å². The number of aromatic hydroxyl groups is 1. The van der Waals surface area contributed by atoms with Crippen molar-refractivity contribution in [2.75, 3.05) is 0 Å². The molecule has 0 aliphatic rings. The van der Waals surface area contributed by atoms with E-state index >= 15 is 0 Å². The van der Waals surface area contributed by atoms with Gasteiger partial charge in [0.2, 0.25) is 0 Å². The highest BCUT2D eigenvalue weighted by atomic mass is 35.5. The lowest BCUT2D eigenvalue weighted by Crippen LogP contribution is -2.12. The SMILES string of the molecule is CC(C)(C)c1c[c]n(-c2ccc(Cl)c(O)c2)n1. The Balaban J connectivity index is 2.40. The minimum Gasteiger partial charge on any atom is -0.506 e. The second-order valence-electron chi connectivity index (χ2n) is 4.96. The molecule has 0 atom stereocenters. The van der Waals surface area contributed by atoms with Gasteiger partial charge in [-0.05, 0) is 18.2 Å². The molecule has 2 aromatic rings. The third-order valence-corrected chi connectivity index (χ3v) is 2.79. The minimum atomic E-state index is -0.0176. The van der Waals surface area contributed by atoms with Crippen molar-refractivity contribution in [3.63, 3.8) is 0 Å². The standard InChI is InChI=1S/C13H14ClN2O/c1-13(2,3)12-6-7-16(15-12)9-4-5-10(14)11(17)8-9/h4-6,8,17H,1-3H3. The van der Waals surface area contributed by atoms with E-state index in [1.54, 1.807) is 22.9 Å². The van der Waals surface area contributed by atoms with Gasteiger partial charge in [0, 0.05) is 11.5 Å². The summed E-state index contributed by atoms with van der Waals surface area (Å²) in [7, 11) is 0. The predicted molar refractivity (Wildman–Crippen MR) is 67.8 cm³/mol. The fraction of sp³-hybridized carbons (Fsp3) is 0.308. The number of benzene rings is 1. The minimum absolute atomic E-state index is 0.0176. The maximum atomic E-state index is 9.54. The number of aromatic nitrogens is 2. The third kappa shape index (κ3) is 2.44. The van der Waals surface area contributed by atoms with Gasteiger partial charge in [-0.15, -0.1) is 0 Å². The van der Waals surface area contributed by atoms with Crippen molar-refractivity contribution in [3.8, 4) is 11.4 Å². The molecule has 1 radical (unpaired) electrons. The highest BCUT2D eigenvalue weighted by Gasteiger charge is 2.17. The average Bonchev–Trinajstić information content (AvgIpc) is 2.70. The highest BCUT2D eigenvalue weighted by Crippen LogP contribution is 2.26. The molecule has 17 heavy (non-hydrogen) atoms. The Morgan fingerprint density at radius 2 is 2.06 bits per heavy atom. The van der Waals surface area contributed by atoms with Crippen LogP contribution in [0, 0.1) is 6.20 Å². The molecule has 0 aliphatic heterocycles. The molecule has 0 bridgehead atoms. The number of phenols is 1. The number of hydrogen-bond donors (Lipinski definition) is 1. The Morgan fingerprint density at radius 3 is 2.59 bits per heavy atom. The molecular formula is C13H14ClN2O. The third-order valence-electron chi connectivity index (χ3n) is 2.47. The number of nitrogens with zero attached hydrogens (tertiary/aromatic N) is 2. The van der Waals surface area contributed by atoms with Gasteiger partial charge in [0.05, 0.1) is 22.6 Å². The number of rotatable bonds is 1. The molecule has 1 aromatic heterocycles. The molecule has 1 aromatic carbocycles. The van der Waals surface area contributed by atoms with Crippen molar-refractivity contribution in [1.29, 1.82) is 0 Å². The molecular weight excluding hydrogens is 236 g/mol. The molecule has 2 rings (SSSR count). The monoisotopic (exact) mass is 249 g/mol. The topological polar surface area (TPSA) is 38.0 Å². The maximum Gasteiger partial charge on any atom is 0.136 e. The average molecular weight is 250 g/mol.